The zero-order valence-electron chi connectivity index (χ0n) is 20.6. The molecule has 0 aliphatic carbocycles. The number of anilines is 3. The third-order valence-electron chi connectivity index (χ3n) is 6.29. The van der Waals surface area contributed by atoms with Crippen LogP contribution in [0.25, 0.3) is 22.4 Å². The average Bonchev–Trinajstić information content (AvgIpc) is 2.89. The lowest BCUT2D eigenvalue weighted by atomic mass is 10.0. The first-order chi connectivity index (χ1) is 17.1. The quantitative estimate of drug-likeness (QED) is 0.431. The Hall–Kier alpha value is -3.84. The molecule has 0 saturated carbocycles. The van der Waals surface area contributed by atoms with Gasteiger partial charge < -0.3 is 15.1 Å². The van der Waals surface area contributed by atoms with E-state index in [9.17, 15) is 0 Å². The minimum Gasteiger partial charge on any atom is -0.338 e. The van der Waals surface area contributed by atoms with E-state index in [1.165, 1.54) is 5.56 Å². The van der Waals surface area contributed by atoms with E-state index in [1.807, 2.05) is 18.2 Å². The fraction of sp³-hybridized carbons (Fsp3) is 0.286. The van der Waals surface area contributed by atoms with Gasteiger partial charge in [-0.2, -0.15) is 15.0 Å². The van der Waals surface area contributed by atoms with E-state index in [0.717, 1.165) is 66.8 Å². The molecule has 1 saturated heterocycles. The van der Waals surface area contributed by atoms with Crippen molar-refractivity contribution in [2.75, 3.05) is 43.4 Å². The molecular formula is C28H31N7. The number of rotatable bonds is 6. The molecule has 0 amide bonds. The maximum atomic E-state index is 4.92. The van der Waals surface area contributed by atoms with Crippen molar-refractivity contribution < 1.29 is 0 Å². The van der Waals surface area contributed by atoms with Gasteiger partial charge in [-0.3, -0.25) is 0 Å². The van der Waals surface area contributed by atoms with Crippen LogP contribution in [0.5, 0.6) is 0 Å². The Bertz CT molecular complexity index is 1280. The number of aryl methyl sites for hydroxylation is 2. The van der Waals surface area contributed by atoms with Crippen LogP contribution in [0.3, 0.4) is 0 Å². The number of nitrogens with zero attached hydrogens (tertiary/aromatic N) is 6. The van der Waals surface area contributed by atoms with Gasteiger partial charge in [0.05, 0.1) is 5.69 Å². The highest BCUT2D eigenvalue weighted by Gasteiger charge is 2.19. The molecule has 0 unspecified atom stereocenters. The third-order valence-corrected chi connectivity index (χ3v) is 6.29. The summed E-state index contributed by atoms with van der Waals surface area (Å²) in [6.45, 7) is 7.97. The van der Waals surface area contributed by atoms with Crippen molar-refractivity contribution >= 4 is 17.7 Å². The highest BCUT2D eigenvalue weighted by atomic mass is 15.3. The van der Waals surface area contributed by atoms with Gasteiger partial charge in [-0.05, 0) is 37.2 Å². The molecule has 1 N–H and O–H groups in total. The minimum atomic E-state index is 0.526. The zero-order valence-corrected chi connectivity index (χ0v) is 20.6. The summed E-state index contributed by atoms with van der Waals surface area (Å²) in [5.74, 6) is 2.73. The van der Waals surface area contributed by atoms with Crippen LogP contribution in [0.2, 0.25) is 0 Å². The number of pyridine rings is 1. The molecule has 178 valence electrons. The van der Waals surface area contributed by atoms with Crippen molar-refractivity contribution in [3.05, 3.63) is 78.1 Å². The van der Waals surface area contributed by atoms with Crippen LogP contribution in [0, 0.1) is 6.92 Å². The number of aromatic nitrogens is 4. The first-order valence-corrected chi connectivity index (χ1v) is 12.2. The second-order valence-corrected chi connectivity index (χ2v) is 9.00. The van der Waals surface area contributed by atoms with Crippen LogP contribution in [0.15, 0.2) is 66.7 Å². The van der Waals surface area contributed by atoms with Crippen molar-refractivity contribution in [3.63, 3.8) is 0 Å². The molecule has 0 bridgehead atoms. The number of piperazine rings is 1. The lowest BCUT2D eigenvalue weighted by Gasteiger charge is -2.32. The predicted octanol–water partition coefficient (Wildman–Crippen LogP) is 4.97. The summed E-state index contributed by atoms with van der Waals surface area (Å²) in [5, 5.41) is 3.39. The van der Waals surface area contributed by atoms with Gasteiger partial charge in [0.25, 0.3) is 0 Å². The summed E-state index contributed by atoms with van der Waals surface area (Å²) >= 11 is 0. The van der Waals surface area contributed by atoms with E-state index in [2.05, 4.69) is 89.5 Å². The maximum Gasteiger partial charge on any atom is 0.233 e. The monoisotopic (exact) mass is 465 g/mol. The Morgan fingerprint density at radius 3 is 2.23 bits per heavy atom. The number of hydrogen-bond donors (Lipinski definition) is 1. The normalized spacial score (nSPS) is 14.2. The first kappa shape index (κ1) is 22.9. The molecule has 4 aromatic rings. The molecule has 1 aliphatic heterocycles. The van der Waals surface area contributed by atoms with Crippen molar-refractivity contribution in [1.29, 1.82) is 0 Å². The van der Waals surface area contributed by atoms with E-state index < -0.39 is 0 Å². The smallest absolute Gasteiger partial charge is 0.233 e. The van der Waals surface area contributed by atoms with Crippen LogP contribution >= 0.6 is 0 Å². The molecule has 7 nitrogen and oxygen atoms in total. The van der Waals surface area contributed by atoms with Gasteiger partial charge in [0.2, 0.25) is 11.9 Å². The Balaban J connectivity index is 1.52. The van der Waals surface area contributed by atoms with E-state index >= 15 is 0 Å². The summed E-state index contributed by atoms with van der Waals surface area (Å²) in [7, 11) is 2.15. The van der Waals surface area contributed by atoms with E-state index in [-0.39, 0.29) is 0 Å². The largest absolute Gasteiger partial charge is 0.338 e. The highest BCUT2D eigenvalue weighted by Crippen LogP contribution is 2.29. The van der Waals surface area contributed by atoms with E-state index in [4.69, 9.17) is 15.0 Å². The van der Waals surface area contributed by atoms with Gasteiger partial charge in [-0.1, -0.05) is 67.1 Å². The fourth-order valence-corrected chi connectivity index (χ4v) is 4.15. The second kappa shape index (κ2) is 10.2. The Morgan fingerprint density at radius 2 is 1.51 bits per heavy atom. The molecule has 7 heteroatoms. The first-order valence-electron chi connectivity index (χ1n) is 12.2. The van der Waals surface area contributed by atoms with Crippen LogP contribution in [-0.2, 0) is 6.42 Å². The summed E-state index contributed by atoms with van der Waals surface area (Å²) < 4.78 is 0. The molecule has 3 heterocycles. The van der Waals surface area contributed by atoms with Crippen molar-refractivity contribution in [1.82, 2.24) is 24.8 Å². The second-order valence-electron chi connectivity index (χ2n) is 9.00. The average molecular weight is 466 g/mol. The Kier molecular flexibility index (Phi) is 6.68. The van der Waals surface area contributed by atoms with Gasteiger partial charge in [0.15, 0.2) is 0 Å². The van der Waals surface area contributed by atoms with Crippen molar-refractivity contribution in [2.24, 2.45) is 0 Å². The van der Waals surface area contributed by atoms with E-state index in [0.29, 0.717) is 11.8 Å². The van der Waals surface area contributed by atoms with Crippen LogP contribution in [-0.4, -0.2) is 58.1 Å². The van der Waals surface area contributed by atoms with Gasteiger partial charge in [0, 0.05) is 38.2 Å². The number of hydrogen-bond acceptors (Lipinski definition) is 7. The Labute approximate surface area is 206 Å². The molecule has 0 atom stereocenters. The lowest BCUT2D eigenvalue weighted by Crippen LogP contribution is -2.45. The topological polar surface area (TPSA) is 70.1 Å². The van der Waals surface area contributed by atoms with Crippen LogP contribution in [0.4, 0.5) is 17.7 Å². The number of benzene rings is 2. The molecule has 1 fully saturated rings. The summed E-state index contributed by atoms with van der Waals surface area (Å²) in [6, 6.07) is 23.0. The van der Waals surface area contributed by atoms with Crippen LogP contribution in [0.1, 0.15) is 18.3 Å². The van der Waals surface area contributed by atoms with E-state index in [1.54, 1.807) is 0 Å². The summed E-state index contributed by atoms with van der Waals surface area (Å²) in [5.41, 5.74) is 5.42. The fourth-order valence-electron chi connectivity index (χ4n) is 4.15. The van der Waals surface area contributed by atoms with Gasteiger partial charge in [-0.15, -0.1) is 0 Å². The standard InChI is InChI=1S/C28H31N7/c1-4-25-30-27(33-28(32-25)35-16-14-34(3)15-17-35)31-26-19-23(21-12-10-20(2)11-13-21)18-24(29-26)22-8-6-5-7-9-22/h5-13,18-19H,4,14-17H2,1-3H3,(H,29,30,31,32,33). The highest BCUT2D eigenvalue weighted by molar-refractivity contribution is 5.74. The molecular weight excluding hydrogens is 434 g/mol. The molecule has 5 rings (SSSR count). The summed E-state index contributed by atoms with van der Waals surface area (Å²) in [6.07, 6.45) is 0.740. The SMILES string of the molecule is CCc1nc(Nc2cc(-c3ccc(C)cc3)cc(-c3ccccc3)n2)nc(N2CCN(C)CC2)n1. The lowest BCUT2D eigenvalue weighted by molar-refractivity contribution is 0.311. The molecule has 1 aliphatic rings. The van der Waals surface area contributed by atoms with Gasteiger partial charge in [-0.25, -0.2) is 4.98 Å². The van der Waals surface area contributed by atoms with Gasteiger partial charge in [0.1, 0.15) is 11.6 Å². The summed E-state index contributed by atoms with van der Waals surface area (Å²) in [4.78, 5) is 23.6. The third kappa shape index (κ3) is 5.46. The Morgan fingerprint density at radius 1 is 0.771 bits per heavy atom. The zero-order chi connectivity index (χ0) is 24.2. The molecule has 0 radical (unpaired) electrons. The molecule has 0 spiro atoms. The van der Waals surface area contributed by atoms with Gasteiger partial charge >= 0.3 is 0 Å². The van der Waals surface area contributed by atoms with Crippen LogP contribution < -0.4 is 10.2 Å². The molecule has 2 aromatic carbocycles. The number of nitrogens with one attached hydrogen (secondary N) is 1. The minimum absolute atomic E-state index is 0.526. The van der Waals surface area contributed by atoms with Crippen molar-refractivity contribution in [2.45, 2.75) is 20.3 Å². The predicted molar refractivity (Wildman–Crippen MR) is 142 cm³/mol. The van der Waals surface area contributed by atoms with Crippen molar-refractivity contribution in [3.8, 4) is 22.4 Å². The maximum absolute atomic E-state index is 4.92. The number of likely N-dealkylation sites (N-methyl/N-ethyl adjacent to an activating group) is 1. The molecule has 35 heavy (non-hydrogen) atoms. The molecule has 2 aromatic heterocycles.